The van der Waals surface area contributed by atoms with Crippen LogP contribution in [0.5, 0.6) is 0 Å². The van der Waals surface area contributed by atoms with E-state index in [9.17, 15) is 4.79 Å². The second-order valence-corrected chi connectivity index (χ2v) is 3.83. The molecule has 13 heavy (non-hydrogen) atoms. The summed E-state index contributed by atoms with van der Waals surface area (Å²) in [4.78, 5) is 15.6. The fourth-order valence-electron chi connectivity index (χ4n) is 1.15. The molecule has 3 nitrogen and oxygen atoms in total. The van der Waals surface area contributed by atoms with E-state index in [0.717, 1.165) is 10.5 Å². The summed E-state index contributed by atoms with van der Waals surface area (Å²) in [6.07, 6.45) is 8.78. The molecular weight excluding hydrogens is 186 g/mol. The third kappa shape index (κ3) is 1.58. The number of allylic oxidation sites excluding steroid dienone is 3. The van der Waals surface area contributed by atoms with Gasteiger partial charge in [0.1, 0.15) is 5.25 Å². The van der Waals surface area contributed by atoms with E-state index in [1.165, 1.54) is 11.8 Å². The first-order chi connectivity index (χ1) is 6.27. The average Bonchev–Trinajstić information content (AvgIpc) is 2.38. The molecule has 1 unspecified atom stereocenters. The van der Waals surface area contributed by atoms with Crippen LogP contribution in [0, 0.1) is 0 Å². The monoisotopic (exact) mass is 193 g/mol. The van der Waals surface area contributed by atoms with E-state index in [2.05, 4.69) is 4.99 Å². The van der Waals surface area contributed by atoms with Crippen LogP contribution in [0.25, 0.3) is 0 Å². The van der Waals surface area contributed by atoms with Crippen molar-refractivity contribution in [3.05, 3.63) is 34.9 Å². The highest BCUT2D eigenvalue weighted by Gasteiger charge is 2.25. The minimum Gasteiger partial charge on any atom is -0.480 e. The highest BCUT2D eigenvalue weighted by molar-refractivity contribution is 8.05. The Labute approximate surface area is 79.6 Å². The van der Waals surface area contributed by atoms with Crippen molar-refractivity contribution in [2.75, 3.05) is 0 Å². The molecule has 0 bridgehead atoms. The Balaban J connectivity index is 2.31. The minimum atomic E-state index is -0.802. The van der Waals surface area contributed by atoms with Gasteiger partial charge in [-0.25, -0.2) is 0 Å². The quantitative estimate of drug-likeness (QED) is 0.688. The van der Waals surface area contributed by atoms with Crippen molar-refractivity contribution < 1.29 is 9.90 Å². The Kier molecular flexibility index (Phi) is 2.06. The summed E-state index contributed by atoms with van der Waals surface area (Å²) < 4.78 is 0. The third-order valence-corrected chi connectivity index (χ3v) is 2.96. The third-order valence-electron chi connectivity index (χ3n) is 1.75. The molecule has 0 aromatic rings. The van der Waals surface area contributed by atoms with E-state index < -0.39 is 11.2 Å². The molecule has 1 atom stereocenters. The van der Waals surface area contributed by atoms with Crippen LogP contribution < -0.4 is 0 Å². The fourth-order valence-corrected chi connectivity index (χ4v) is 2.15. The molecule has 4 heteroatoms. The average molecular weight is 193 g/mol. The van der Waals surface area contributed by atoms with Crippen molar-refractivity contribution in [3.63, 3.8) is 0 Å². The van der Waals surface area contributed by atoms with E-state index >= 15 is 0 Å². The van der Waals surface area contributed by atoms with Crippen molar-refractivity contribution in [1.82, 2.24) is 0 Å². The molecule has 0 aromatic carbocycles. The van der Waals surface area contributed by atoms with Crippen molar-refractivity contribution in [3.8, 4) is 0 Å². The summed E-state index contributed by atoms with van der Waals surface area (Å²) in [6.45, 7) is 0. The standard InChI is InChI=1S/C9H7NO2S/c11-9(12)8-4-6-5-10-3-1-2-7(6)13-8/h1-5,8H,(H,11,12). The molecule has 0 aliphatic carbocycles. The molecule has 66 valence electrons. The maximum absolute atomic E-state index is 10.7. The van der Waals surface area contributed by atoms with Crippen molar-refractivity contribution in [2.45, 2.75) is 5.25 Å². The maximum Gasteiger partial charge on any atom is 0.320 e. The van der Waals surface area contributed by atoms with Crippen LogP contribution in [0.4, 0.5) is 0 Å². The van der Waals surface area contributed by atoms with Gasteiger partial charge in [0.05, 0.1) is 0 Å². The molecule has 0 spiro atoms. The molecule has 0 radical (unpaired) electrons. The number of fused-ring (bicyclic) bond motifs is 1. The van der Waals surface area contributed by atoms with Crippen LogP contribution in [-0.4, -0.2) is 22.5 Å². The smallest absolute Gasteiger partial charge is 0.320 e. The first-order valence-corrected chi connectivity index (χ1v) is 4.67. The Morgan fingerprint density at radius 3 is 3.23 bits per heavy atom. The normalized spacial score (nSPS) is 24.8. The molecule has 2 aliphatic heterocycles. The summed E-state index contributed by atoms with van der Waals surface area (Å²) in [5, 5.41) is 8.32. The zero-order valence-electron chi connectivity index (χ0n) is 6.68. The van der Waals surface area contributed by atoms with Crippen LogP contribution in [0.2, 0.25) is 0 Å². The predicted molar refractivity (Wildman–Crippen MR) is 52.8 cm³/mol. The molecule has 2 heterocycles. The van der Waals surface area contributed by atoms with E-state index in [1.54, 1.807) is 18.5 Å². The van der Waals surface area contributed by atoms with E-state index in [0.29, 0.717) is 0 Å². The molecule has 0 saturated heterocycles. The molecular formula is C9H7NO2S. The van der Waals surface area contributed by atoms with Gasteiger partial charge in [-0.05, 0) is 12.2 Å². The largest absolute Gasteiger partial charge is 0.480 e. The van der Waals surface area contributed by atoms with Crippen LogP contribution in [0.1, 0.15) is 0 Å². The van der Waals surface area contributed by atoms with Crippen LogP contribution in [0.3, 0.4) is 0 Å². The number of rotatable bonds is 1. The summed E-state index contributed by atoms with van der Waals surface area (Å²) >= 11 is 1.34. The molecule has 2 rings (SSSR count). The summed E-state index contributed by atoms with van der Waals surface area (Å²) in [5.41, 5.74) is 0.905. The van der Waals surface area contributed by atoms with Gasteiger partial charge in [0.25, 0.3) is 0 Å². The Bertz CT molecular complexity index is 366. The van der Waals surface area contributed by atoms with Crippen molar-refractivity contribution >= 4 is 23.9 Å². The second-order valence-electron chi connectivity index (χ2n) is 2.65. The lowest BCUT2D eigenvalue weighted by atomic mass is 10.2. The highest BCUT2D eigenvalue weighted by Crippen LogP contribution is 2.36. The van der Waals surface area contributed by atoms with Gasteiger partial charge in [-0.3, -0.25) is 9.79 Å². The minimum absolute atomic E-state index is 0.459. The lowest BCUT2D eigenvalue weighted by Gasteiger charge is -1.98. The van der Waals surface area contributed by atoms with Gasteiger partial charge in [-0.1, -0.05) is 6.08 Å². The predicted octanol–water partition coefficient (Wildman–Crippen LogP) is 1.59. The van der Waals surface area contributed by atoms with Crippen LogP contribution in [0.15, 0.2) is 39.9 Å². The van der Waals surface area contributed by atoms with Crippen LogP contribution >= 0.6 is 11.8 Å². The number of carboxylic acids is 1. The van der Waals surface area contributed by atoms with Crippen molar-refractivity contribution in [2.24, 2.45) is 4.99 Å². The number of aliphatic imine (C=N–C) groups is 1. The summed E-state index contributed by atoms with van der Waals surface area (Å²) in [7, 11) is 0. The first kappa shape index (κ1) is 8.31. The topological polar surface area (TPSA) is 49.7 Å². The molecule has 0 saturated carbocycles. The Hall–Kier alpha value is -1.29. The second kappa shape index (κ2) is 3.22. The lowest BCUT2D eigenvalue weighted by Crippen LogP contribution is -2.10. The number of aliphatic carboxylic acids is 1. The SMILES string of the molecule is O=C(O)C1C=C2C=NC=CC=C2S1. The number of hydrogen-bond donors (Lipinski definition) is 1. The summed E-state index contributed by atoms with van der Waals surface area (Å²) in [5.74, 6) is -0.802. The molecule has 0 amide bonds. The number of nitrogens with zero attached hydrogens (tertiary/aromatic N) is 1. The zero-order valence-corrected chi connectivity index (χ0v) is 7.49. The van der Waals surface area contributed by atoms with E-state index in [4.69, 9.17) is 5.11 Å². The number of hydrogen-bond acceptors (Lipinski definition) is 3. The van der Waals surface area contributed by atoms with Crippen molar-refractivity contribution in [1.29, 1.82) is 0 Å². The van der Waals surface area contributed by atoms with Gasteiger partial charge in [-0.15, -0.1) is 11.8 Å². The highest BCUT2D eigenvalue weighted by atomic mass is 32.2. The Morgan fingerprint density at radius 1 is 1.62 bits per heavy atom. The maximum atomic E-state index is 10.7. The summed E-state index contributed by atoms with van der Waals surface area (Å²) in [6, 6.07) is 0. The van der Waals surface area contributed by atoms with Gasteiger partial charge >= 0.3 is 5.97 Å². The van der Waals surface area contributed by atoms with Crippen LogP contribution in [-0.2, 0) is 4.79 Å². The van der Waals surface area contributed by atoms with Gasteiger partial charge < -0.3 is 5.11 Å². The van der Waals surface area contributed by atoms with E-state index in [-0.39, 0.29) is 0 Å². The van der Waals surface area contributed by atoms with Gasteiger partial charge in [0, 0.05) is 22.9 Å². The molecule has 0 fully saturated rings. The molecule has 0 aromatic heterocycles. The van der Waals surface area contributed by atoms with Gasteiger partial charge in [0.2, 0.25) is 0 Å². The van der Waals surface area contributed by atoms with Gasteiger partial charge in [-0.2, -0.15) is 0 Å². The van der Waals surface area contributed by atoms with E-state index in [1.807, 2.05) is 12.2 Å². The molecule has 2 aliphatic rings. The first-order valence-electron chi connectivity index (χ1n) is 3.79. The van der Waals surface area contributed by atoms with Gasteiger partial charge in [0.15, 0.2) is 0 Å². The number of carbonyl (C=O) groups is 1. The Morgan fingerprint density at radius 2 is 2.46 bits per heavy atom. The number of carboxylic acid groups (broad SMARTS) is 1. The fraction of sp³-hybridized carbons (Fsp3) is 0.111. The number of thioether (sulfide) groups is 1. The zero-order chi connectivity index (χ0) is 9.26. The molecule has 1 N–H and O–H groups in total. The lowest BCUT2D eigenvalue weighted by molar-refractivity contribution is -0.135.